The summed E-state index contributed by atoms with van der Waals surface area (Å²) in [5.74, 6) is 0.545. The summed E-state index contributed by atoms with van der Waals surface area (Å²) in [6.45, 7) is 1.37. The summed E-state index contributed by atoms with van der Waals surface area (Å²) in [6.07, 6.45) is 2.21. The molecule has 1 aromatic rings. The molecule has 6 heteroatoms. The van der Waals surface area contributed by atoms with Crippen LogP contribution in [-0.2, 0) is 15.6 Å². The van der Waals surface area contributed by atoms with E-state index >= 15 is 0 Å². The summed E-state index contributed by atoms with van der Waals surface area (Å²) in [5, 5.41) is 2.81. The van der Waals surface area contributed by atoms with Gasteiger partial charge in [0, 0.05) is 6.54 Å². The number of rotatable bonds is 3. The van der Waals surface area contributed by atoms with Crippen molar-refractivity contribution in [2.75, 3.05) is 13.1 Å². The Hall–Kier alpha value is -0.520. The van der Waals surface area contributed by atoms with Gasteiger partial charge in [-0.25, -0.2) is 8.42 Å². The van der Waals surface area contributed by atoms with E-state index in [9.17, 15) is 8.42 Å². The third kappa shape index (κ3) is 2.96. The van der Waals surface area contributed by atoms with Crippen LogP contribution in [0.5, 0.6) is 0 Å². The van der Waals surface area contributed by atoms with E-state index in [1.54, 1.807) is 12.1 Å². The Morgan fingerprint density at radius 2 is 2.33 bits per heavy atom. The number of hydrogen-bond acceptors (Lipinski definition) is 4. The third-order valence-corrected chi connectivity index (χ3v) is 4.55. The number of furan rings is 1. The average Bonchev–Trinajstić information content (AvgIpc) is 2.71. The molecule has 1 aliphatic heterocycles. The topological polar surface area (TPSA) is 59.3 Å². The van der Waals surface area contributed by atoms with Crippen molar-refractivity contribution in [2.24, 2.45) is 0 Å². The Labute approximate surface area is 95.4 Å². The molecule has 1 aromatic heterocycles. The third-order valence-electron chi connectivity index (χ3n) is 2.45. The van der Waals surface area contributed by atoms with E-state index in [1.165, 1.54) is 6.26 Å². The summed E-state index contributed by atoms with van der Waals surface area (Å²) < 4.78 is 28.6. The lowest BCUT2D eigenvalue weighted by molar-refractivity contribution is 0.518. The van der Waals surface area contributed by atoms with Crippen molar-refractivity contribution in [3.63, 3.8) is 0 Å². The molecule has 0 bridgehead atoms. The molecule has 0 aromatic carbocycles. The molecule has 0 spiro atoms. The summed E-state index contributed by atoms with van der Waals surface area (Å²) in [6, 6.07) is 3.40. The molecule has 0 radical (unpaired) electrons. The van der Waals surface area contributed by atoms with Gasteiger partial charge in [-0.2, -0.15) is 0 Å². The second kappa shape index (κ2) is 5.01. The molecular weight excluding hydrogens is 238 g/mol. The Morgan fingerprint density at radius 1 is 1.53 bits per heavy atom. The quantitative estimate of drug-likeness (QED) is 0.870. The van der Waals surface area contributed by atoms with Crippen molar-refractivity contribution >= 4 is 22.2 Å². The first-order valence-corrected chi connectivity index (χ1v) is 6.35. The van der Waals surface area contributed by atoms with Gasteiger partial charge in [0.25, 0.3) is 0 Å². The molecule has 1 saturated heterocycles. The summed E-state index contributed by atoms with van der Waals surface area (Å²) in [4.78, 5) is 0. The Balaban J connectivity index is 0.00000112. The fraction of sp³-hybridized carbons (Fsp3) is 0.556. The van der Waals surface area contributed by atoms with Crippen molar-refractivity contribution in [1.29, 1.82) is 0 Å². The maximum absolute atomic E-state index is 11.8. The Kier molecular flexibility index (Phi) is 4.19. The number of halogens is 1. The highest BCUT2D eigenvalue weighted by Gasteiger charge is 2.29. The molecule has 4 nitrogen and oxygen atoms in total. The van der Waals surface area contributed by atoms with Crippen molar-refractivity contribution in [1.82, 2.24) is 5.32 Å². The molecule has 1 unspecified atom stereocenters. The number of nitrogens with one attached hydrogen (secondary N) is 1. The van der Waals surface area contributed by atoms with Gasteiger partial charge >= 0.3 is 0 Å². The minimum Gasteiger partial charge on any atom is -0.468 e. The second-order valence-electron chi connectivity index (χ2n) is 3.50. The monoisotopic (exact) mass is 251 g/mol. The summed E-state index contributed by atoms with van der Waals surface area (Å²) in [5.41, 5.74) is 0. The lowest BCUT2D eigenvalue weighted by Gasteiger charge is -2.08. The SMILES string of the molecule is Cl.O=S(=O)(Cc1ccco1)C1CCNC1. The standard InChI is InChI=1S/C9H13NO3S.ClH/c11-14(12,9-3-4-10-6-9)7-8-2-1-5-13-8;/h1-2,5,9-10H,3-4,6-7H2;1H. The molecule has 1 atom stereocenters. The highest BCUT2D eigenvalue weighted by Crippen LogP contribution is 2.16. The van der Waals surface area contributed by atoms with Crippen LogP contribution in [0.25, 0.3) is 0 Å². The van der Waals surface area contributed by atoms with Gasteiger partial charge in [0.05, 0.1) is 11.5 Å². The zero-order chi connectivity index (χ0) is 10.0. The predicted molar refractivity (Wildman–Crippen MR) is 59.9 cm³/mol. The zero-order valence-corrected chi connectivity index (χ0v) is 9.81. The normalized spacial score (nSPS) is 21.2. The van der Waals surface area contributed by atoms with Gasteiger partial charge in [0.15, 0.2) is 9.84 Å². The molecule has 0 amide bonds. The average molecular weight is 252 g/mol. The first kappa shape index (κ1) is 12.5. The van der Waals surface area contributed by atoms with Crippen LogP contribution in [0.1, 0.15) is 12.2 Å². The molecule has 86 valence electrons. The Bertz CT molecular complexity index is 381. The molecule has 0 saturated carbocycles. The van der Waals surface area contributed by atoms with Gasteiger partial charge < -0.3 is 9.73 Å². The fourth-order valence-electron chi connectivity index (χ4n) is 1.65. The molecule has 15 heavy (non-hydrogen) atoms. The number of hydrogen-bond donors (Lipinski definition) is 1. The van der Waals surface area contributed by atoms with Crippen LogP contribution in [0.2, 0.25) is 0 Å². The molecular formula is C9H14ClNO3S. The first-order valence-electron chi connectivity index (χ1n) is 4.63. The molecule has 2 heterocycles. The smallest absolute Gasteiger partial charge is 0.161 e. The van der Waals surface area contributed by atoms with Crippen molar-refractivity contribution < 1.29 is 12.8 Å². The fourth-order valence-corrected chi connectivity index (χ4v) is 3.29. The summed E-state index contributed by atoms with van der Waals surface area (Å²) >= 11 is 0. The highest BCUT2D eigenvalue weighted by molar-refractivity contribution is 7.91. The van der Waals surface area contributed by atoms with Gasteiger partial charge in [-0.1, -0.05) is 0 Å². The first-order chi connectivity index (χ1) is 6.68. The van der Waals surface area contributed by atoms with E-state index < -0.39 is 9.84 Å². The predicted octanol–water partition coefficient (Wildman–Crippen LogP) is 0.978. The van der Waals surface area contributed by atoms with Crippen LogP contribution in [0.15, 0.2) is 22.8 Å². The Morgan fingerprint density at radius 3 is 2.87 bits per heavy atom. The molecule has 1 aliphatic rings. The largest absolute Gasteiger partial charge is 0.468 e. The molecule has 1 N–H and O–H groups in total. The van der Waals surface area contributed by atoms with Crippen molar-refractivity contribution in [3.8, 4) is 0 Å². The van der Waals surface area contributed by atoms with Gasteiger partial charge in [-0.3, -0.25) is 0 Å². The van der Waals surface area contributed by atoms with Crippen LogP contribution < -0.4 is 5.32 Å². The molecule has 0 aliphatic carbocycles. The zero-order valence-electron chi connectivity index (χ0n) is 8.18. The van der Waals surface area contributed by atoms with E-state index in [0.29, 0.717) is 18.7 Å². The summed E-state index contributed by atoms with van der Waals surface area (Å²) in [7, 11) is -3.04. The highest BCUT2D eigenvalue weighted by atomic mass is 35.5. The lowest BCUT2D eigenvalue weighted by atomic mass is 10.4. The van der Waals surface area contributed by atoms with E-state index in [0.717, 1.165) is 6.54 Å². The minimum absolute atomic E-state index is 0. The van der Waals surface area contributed by atoms with Crippen LogP contribution in [-0.4, -0.2) is 26.8 Å². The minimum atomic E-state index is -3.04. The maximum atomic E-state index is 11.8. The van der Waals surface area contributed by atoms with E-state index in [4.69, 9.17) is 4.42 Å². The maximum Gasteiger partial charge on any atom is 0.161 e. The van der Waals surface area contributed by atoms with E-state index in [-0.39, 0.29) is 23.4 Å². The lowest BCUT2D eigenvalue weighted by Crippen LogP contribution is -2.25. The van der Waals surface area contributed by atoms with E-state index in [1.807, 2.05) is 0 Å². The van der Waals surface area contributed by atoms with Crippen LogP contribution in [0.4, 0.5) is 0 Å². The van der Waals surface area contributed by atoms with E-state index in [2.05, 4.69) is 5.32 Å². The van der Waals surface area contributed by atoms with Crippen LogP contribution in [0, 0.1) is 0 Å². The van der Waals surface area contributed by atoms with Gasteiger partial charge in [0.1, 0.15) is 11.5 Å². The molecule has 1 fully saturated rings. The molecule has 2 rings (SSSR count). The van der Waals surface area contributed by atoms with Gasteiger partial charge in [-0.05, 0) is 25.1 Å². The van der Waals surface area contributed by atoms with Crippen molar-refractivity contribution in [3.05, 3.63) is 24.2 Å². The number of sulfone groups is 1. The van der Waals surface area contributed by atoms with Crippen LogP contribution >= 0.6 is 12.4 Å². The van der Waals surface area contributed by atoms with Gasteiger partial charge in [-0.15, -0.1) is 12.4 Å². The van der Waals surface area contributed by atoms with Gasteiger partial charge in [0.2, 0.25) is 0 Å². The van der Waals surface area contributed by atoms with Crippen molar-refractivity contribution in [2.45, 2.75) is 17.4 Å². The van der Waals surface area contributed by atoms with Crippen LogP contribution in [0.3, 0.4) is 0 Å². The second-order valence-corrected chi connectivity index (χ2v) is 5.78.